The summed E-state index contributed by atoms with van der Waals surface area (Å²) in [5.41, 5.74) is 3.60. The van der Waals surface area contributed by atoms with E-state index >= 15 is 0 Å². The SMILES string of the molecule is CC(C)N(C)c1cc2cc(C(=O)O)ccc2nc1-c1ccc(-c2ccccc2)o1. The van der Waals surface area contributed by atoms with Crippen molar-refractivity contribution < 1.29 is 14.3 Å². The third kappa shape index (κ3) is 3.59. The zero-order valence-corrected chi connectivity index (χ0v) is 16.6. The number of benzene rings is 2. The van der Waals surface area contributed by atoms with Crippen molar-refractivity contribution in [2.75, 3.05) is 11.9 Å². The fourth-order valence-electron chi connectivity index (χ4n) is 3.25. The van der Waals surface area contributed by atoms with Crippen LogP contribution < -0.4 is 4.90 Å². The molecule has 2 aromatic heterocycles. The number of hydrogen-bond donors (Lipinski definition) is 1. The summed E-state index contributed by atoms with van der Waals surface area (Å²) < 4.78 is 6.15. The first-order valence-electron chi connectivity index (χ1n) is 9.50. The number of carboxylic acids is 1. The van der Waals surface area contributed by atoms with Crippen LogP contribution in [0.15, 0.2) is 71.1 Å². The molecular formula is C24H22N2O3. The topological polar surface area (TPSA) is 66.6 Å². The number of nitrogens with zero attached hydrogens (tertiary/aromatic N) is 2. The molecule has 0 spiro atoms. The van der Waals surface area contributed by atoms with E-state index in [-0.39, 0.29) is 11.6 Å². The van der Waals surface area contributed by atoms with Crippen LogP contribution in [-0.2, 0) is 0 Å². The molecule has 0 amide bonds. The lowest BCUT2D eigenvalue weighted by Gasteiger charge is -2.25. The van der Waals surface area contributed by atoms with E-state index in [1.165, 1.54) is 0 Å². The predicted octanol–water partition coefficient (Wildman–Crippen LogP) is 5.70. The molecule has 1 N–H and O–H groups in total. The number of rotatable bonds is 5. The molecule has 4 rings (SSSR count). The summed E-state index contributed by atoms with van der Waals surface area (Å²) in [5, 5.41) is 10.1. The van der Waals surface area contributed by atoms with Crippen molar-refractivity contribution in [3.8, 4) is 22.8 Å². The van der Waals surface area contributed by atoms with E-state index in [0.717, 1.165) is 33.6 Å². The fourth-order valence-corrected chi connectivity index (χ4v) is 3.25. The molecule has 0 unspecified atom stereocenters. The molecule has 0 atom stereocenters. The van der Waals surface area contributed by atoms with Gasteiger partial charge in [-0.2, -0.15) is 0 Å². The molecule has 0 aliphatic carbocycles. The molecule has 5 heteroatoms. The molecule has 0 fully saturated rings. The molecule has 5 nitrogen and oxygen atoms in total. The fraction of sp³-hybridized carbons (Fsp3) is 0.167. The molecule has 0 aliphatic rings. The highest BCUT2D eigenvalue weighted by atomic mass is 16.4. The Balaban J connectivity index is 1.88. The number of carboxylic acid groups (broad SMARTS) is 1. The van der Waals surface area contributed by atoms with Gasteiger partial charge in [-0.3, -0.25) is 0 Å². The molecule has 4 aromatic rings. The molecule has 2 aromatic carbocycles. The first kappa shape index (κ1) is 18.7. The summed E-state index contributed by atoms with van der Waals surface area (Å²) in [7, 11) is 2.00. The molecule has 2 heterocycles. The third-order valence-corrected chi connectivity index (χ3v) is 5.09. The Morgan fingerprint density at radius 1 is 1.00 bits per heavy atom. The minimum atomic E-state index is -0.951. The van der Waals surface area contributed by atoms with Gasteiger partial charge in [0.25, 0.3) is 0 Å². The zero-order valence-electron chi connectivity index (χ0n) is 16.6. The van der Waals surface area contributed by atoms with Gasteiger partial charge in [0.15, 0.2) is 5.76 Å². The summed E-state index contributed by atoms with van der Waals surface area (Å²) in [4.78, 5) is 18.3. The zero-order chi connectivity index (χ0) is 20.5. The van der Waals surface area contributed by atoms with Crippen LogP contribution in [0.25, 0.3) is 33.7 Å². The highest BCUT2D eigenvalue weighted by Gasteiger charge is 2.19. The van der Waals surface area contributed by atoms with E-state index in [1.54, 1.807) is 18.2 Å². The van der Waals surface area contributed by atoms with Gasteiger partial charge in [0.2, 0.25) is 0 Å². The Bertz CT molecular complexity index is 1180. The summed E-state index contributed by atoms with van der Waals surface area (Å²) in [6, 6.07) is 21.0. The Morgan fingerprint density at radius 2 is 1.72 bits per heavy atom. The predicted molar refractivity (Wildman–Crippen MR) is 115 cm³/mol. The number of fused-ring (bicyclic) bond motifs is 1. The second kappa shape index (κ2) is 7.43. The van der Waals surface area contributed by atoms with Crippen LogP contribution in [0.4, 0.5) is 5.69 Å². The van der Waals surface area contributed by atoms with E-state index in [1.807, 2.05) is 55.6 Å². The molecule has 0 radical (unpaired) electrons. The van der Waals surface area contributed by atoms with E-state index in [0.29, 0.717) is 5.76 Å². The van der Waals surface area contributed by atoms with Crippen molar-refractivity contribution in [3.05, 3.63) is 72.3 Å². The maximum absolute atomic E-state index is 11.4. The second-order valence-electron chi connectivity index (χ2n) is 7.30. The summed E-state index contributed by atoms with van der Waals surface area (Å²) >= 11 is 0. The average molecular weight is 386 g/mol. The molecule has 29 heavy (non-hydrogen) atoms. The monoisotopic (exact) mass is 386 g/mol. The van der Waals surface area contributed by atoms with E-state index in [9.17, 15) is 9.90 Å². The Hall–Kier alpha value is -3.60. The van der Waals surface area contributed by atoms with Gasteiger partial charge in [-0.1, -0.05) is 30.3 Å². The van der Waals surface area contributed by atoms with Crippen LogP contribution in [0.1, 0.15) is 24.2 Å². The van der Waals surface area contributed by atoms with Crippen LogP contribution in [0.3, 0.4) is 0 Å². The number of aromatic carboxylic acids is 1. The van der Waals surface area contributed by atoms with Crippen LogP contribution in [-0.4, -0.2) is 29.1 Å². The lowest BCUT2D eigenvalue weighted by molar-refractivity contribution is 0.0697. The quantitative estimate of drug-likeness (QED) is 0.476. The highest BCUT2D eigenvalue weighted by molar-refractivity contribution is 5.95. The van der Waals surface area contributed by atoms with Gasteiger partial charge in [-0.05, 0) is 50.2 Å². The molecule has 0 saturated carbocycles. The Labute approximate surface area is 169 Å². The number of anilines is 1. The number of furan rings is 1. The van der Waals surface area contributed by atoms with Crippen molar-refractivity contribution in [1.82, 2.24) is 4.98 Å². The van der Waals surface area contributed by atoms with Crippen LogP contribution >= 0.6 is 0 Å². The van der Waals surface area contributed by atoms with Crippen molar-refractivity contribution in [2.24, 2.45) is 0 Å². The summed E-state index contributed by atoms with van der Waals surface area (Å²) in [5.74, 6) is 0.505. The average Bonchev–Trinajstić information content (AvgIpc) is 3.22. The number of aromatic nitrogens is 1. The molecule has 146 valence electrons. The first-order valence-corrected chi connectivity index (χ1v) is 9.50. The van der Waals surface area contributed by atoms with Crippen LogP contribution in [0, 0.1) is 0 Å². The van der Waals surface area contributed by atoms with Crippen molar-refractivity contribution >= 4 is 22.6 Å². The van der Waals surface area contributed by atoms with Crippen LogP contribution in [0.5, 0.6) is 0 Å². The largest absolute Gasteiger partial charge is 0.478 e. The van der Waals surface area contributed by atoms with Gasteiger partial charge in [0, 0.05) is 24.0 Å². The minimum Gasteiger partial charge on any atom is -0.478 e. The lowest BCUT2D eigenvalue weighted by atomic mass is 10.1. The van der Waals surface area contributed by atoms with Crippen molar-refractivity contribution in [3.63, 3.8) is 0 Å². The summed E-state index contributed by atoms with van der Waals surface area (Å²) in [6.45, 7) is 4.19. The third-order valence-electron chi connectivity index (χ3n) is 5.09. The highest BCUT2D eigenvalue weighted by Crippen LogP contribution is 2.36. The normalized spacial score (nSPS) is 11.2. The van der Waals surface area contributed by atoms with Gasteiger partial charge in [0.05, 0.1) is 16.8 Å². The van der Waals surface area contributed by atoms with Crippen molar-refractivity contribution in [2.45, 2.75) is 19.9 Å². The van der Waals surface area contributed by atoms with E-state index in [4.69, 9.17) is 9.40 Å². The smallest absolute Gasteiger partial charge is 0.335 e. The standard InChI is InChI=1S/C24H22N2O3/c1-15(2)26(3)20-14-18-13-17(24(27)28)9-10-19(18)25-23(20)22-12-11-21(29-22)16-7-5-4-6-8-16/h4-15H,1-3H3,(H,27,28). The number of hydrogen-bond acceptors (Lipinski definition) is 4. The van der Waals surface area contributed by atoms with Gasteiger partial charge in [0.1, 0.15) is 11.5 Å². The van der Waals surface area contributed by atoms with Gasteiger partial charge in [-0.15, -0.1) is 0 Å². The maximum atomic E-state index is 11.4. The second-order valence-corrected chi connectivity index (χ2v) is 7.30. The van der Waals surface area contributed by atoms with Crippen LogP contribution in [0.2, 0.25) is 0 Å². The molecular weight excluding hydrogens is 364 g/mol. The molecule has 0 bridgehead atoms. The molecule has 0 saturated heterocycles. The van der Waals surface area contributed by atoms with Crippen molar-refractivity contribution in [1.29, 1.82) is 0 Å². The van der Waals surface area contributed by atoms with Gasteiger partial charge < -0.3 is 14.4 Å². The number of pyridine rings is 1. The first-order chi connectivity index (χ1) is 13.9. The minimum absolute atomic E-state index is 0.235. The maximum Gasteiger partial charge on any atom is 0.335 e. The number of carbonyl (C=O) groups is 1. The van der Waals surface area contributed by atoms with Gasteiger partial charge in [-0.25, -0.2) is 9.78 Å². The van der Waals surface area contributed by atoms with Gasteiger partial charge >= 0.3 is 5.97 Å². The molecule has 0 aliphatic heterocycles. The Kier molecular flexibility index (Phi) is 4.80. The summed E-state index contributed by atoms with van der Waals surface area (Å²) in [6.07, 6.45) is 0. The Morgan fingerprint density at radius 3 is 2.41 bits per heavy atom. The van der Waals surface area contributed by atoms with E-state index in [2.05, 4.69) is 18.7 Å². The lowest BCUT2D eigenvalue weighted by Crippen LogP contribution is -2.26. The van der Waals surface area contributed by atoms with E-state index < -0.39 is 5.97 Å².